The summed E-state index contributed by atoms with van der Waals surface area (Å²) in [5, 5.41) is 25.7. The van der Waals surface area contributed by atoms with Crippen molar-refractivity contribution in [2.75, 3.05) is 11.1 Å². The summed E-state index contributed by atoms with van der Waals surface area (Å²) in [4.78, 5) is 22.6. The Hall–Kier alpha value is -2.98. The van der Waals surface area contributed by atoms with Gasteiger partial charge < -0.3 is 5.32 Å². The van der Waals surface area contributed by atoms with Gasteiger partial charge in [-0.3, -0.25) is 14.9 Å². The third kappa shape index (κ3) is 4.46. The second kappa shape index (κ2) is 8.36. The fraction of sp³-hybridized carbons (Fsp3) is 0.176. The molecular weight excluding hydrogens is 404 g/mol. The molecule has 1 aromatic heterocycles. The molecule has 0 saturated carbocycles. The Morgan fingerprint density at radius 3 is 2.79 bits per heavy atom. The summed E-state index contributed by atoms with van der Waals surface area (Å²) < 4.78 is 1.56. The zero-order chi connectivity index (χ0) is 20.3. The normalized spacial score (nSPS) is 10.7. The number of hydrogen-bond acceptors (Lipinski definition) is 7. The Labute approximate surface area is 169 Å². The van der Waals surface area contributed by atoms with Gasteiger partial charge in [-0.15, -0.1) is 5.10 Å². The molecule has 1 heterocycles. The minimum absolute atomic E-state index is 0.00427. The smallest absolute Gasteiger partial charge is 0.271 e. The van der Waals surface area contributed by atoms with E-state index < -0.39 is 4.92 Å². The molecule has 0 aliphatic rings. The van der Waals surface area contributed by atoms with Crippen LogP contribution in [0.2, 0.25) is 5.02 Å². The van der Waals surface area contributed by atoms with Gasteiger partial charge in [0.05, 0.1) is 27.1 Å². The number of carbonyl (C=O) groups is 1. The third-order valence-corrected chi connectivity index (χ3v) is 5.04. The predicted molar refractivity (Wildman–Crippen MR) is 106 cm³/mol. The number of nitrogens with one attached hydrogen (secondary N) is 1. The molecule has 0 aliphatic carbocycles. The largest absolute Gasteiger partial charge is 0.324 e. The van der Waals surface area contributed by atoms with Gasteiger partial charge in [0.25, 0.3) is 5.69 Å². The van der Waals surface area contributed by atoms with Crippen LogP contribution in [0, 0.1) is 24.0 Å². The zero-order valence-electron chi connectivity index (χ0n) is 14.9. The first-order valence-electron chi connectivity index (χ1n) is 8.08. The highest BCUT2D eigenvalue weighted by atomic mass is 35.5. The van der Waals surface area contributed by atoms with Crippen molar-refractivity contribution in [3.8, 4) is 5.69 Å². The first-order chi connectivity index (χ1) is 13.3. The summed E-state index contributed by atoms with van der Waals surface area (Å²) >= 11 is 7.14. The minimum Gasteiger partial charge on any atom is -0.324 e. The molecule has 3 aromatic rings. The molecule has 0 bridgehead atoms. The van der Waals surface area contributed by atoms with Crippen molar-refractivity contribution in [3.05, 3.63) is 62.7 Å². The quantitative estimate of drug-likeness (QED) is 0.369. The Bertz CT molecular complexity index is 1060. The lowest BCUT2D eigenvalue weighted by Crippen LogP contribution is -2.15. The number of benzene rings is 2. The summed E-state index contributed by atoms with van der Waals surface area (Å²) in [6.07, 6.45) is 0. The zero-order valence-corrected chi connectivity index (χ0v) is 16.5. The van der Waals surface area contributed by atoms with Crippen LogP contribution in [0.15, 0.2) is 41.6 Å². The molecule has 0 unspecified atom stereocenters. The van der Waals surface area contributed by atoms with Crippen molar-refractivity contribution in [2.45, 2.75) is 19.0 Å². The molecule has 2 aromatic carbocycles. The lowest BCUT2D eigenvalue weighted by molar-refractivity contribution is -0.384. The molecule has 28 heavy (non-hydrogen) atoms. The van der Waals surface area contributed by atoms with Crippen LogP contribution in [-0.4, -0.2) is 36.8 Å². The standard InChI is InChI=1S/C17H15ClN6O3S/c1-10-3-6-15(11(2)7-10)23-17(20-21-22-23)28-9-16(25)19-14-8-12(24(26)27)4-5-13(14)18/h3-8H,9H2,1-2H3,(H,19,25). The maximum atomic E-state index is 12.3. The molecule has 1 amide bonds. The van der Waals surface area contributed by atoms with E-state index in [4.69, 9.17) is 11.6 Å². The number of thioether (sulfide) groups is 1. The lowest BCUT2D eigenvalue weighted by atomic mass is 10.1. The lowest BCUT2D eigenvalue weighted by Gasteiger charge is -2.09. The maximum Gasteiger partial charge on any atom is 0.271 e. The van der Waals surface area contributed by atoms with Crippen molar-refractivity contribution < 1.29 is 9.72 Å². The molecule has 11 heteroatoms. The molecule has 9 nitrogen and oxygen atoms in total. The van der Waals surface area contributed by atoms with Crippen molar-refractivity contribution in [1.29, 1.82) is 0 Å². The van der Waals surface area contributed by atoms with Gasteiger partial charge in [0.15, 0.2) is 0 Å². The summed E-state index contributed by atoms with van der Waals surface area (Å²) in [5.41, 5.74) is 2.96. The number of rotatable bonds is 6. The van der Waals surface area contributed by atoms with Gasteiger partial charge in [-0.1, -0.05) is 41.1 Å². The molecule has 144 valence electrons. The Kier molecular flexibility index (Phi) is 5.90. The van der Waals surface area contributed by atoms with E-state index in [0.717, 1.165) is 28.6 Å². The fourth-order valence-corrected chi connectivity index (χ4v) is 3.35. The number of carbonyl (C=O) groups excluding carboxylic acids is 1. The number of nitro groups is 1. The average Bonchev–Trinajstić information content (AvgIpc) is 3.10. The van der Waals surface area contributed by atoms with Crippen LogP contribution >= 0.6 is 23.4 Å². The summed E-state index contributed by atoms with van der Waals surface area (Å²) in [7, 11) is 0. The molecule has 3 rings (SSSR count). The molecular formula is C17H15ClN6O3S. The van der Waals surface area contributed by atoms with Crippen molar-refractivity contribution in [3.63, 3.8) is 0 Å². The van der Waals surface area contributed by atoms with E-state index in [-0.39, 0.29) is 28.1 Å². The summed E-state index contributed by atoms with van der Waals surface area (Å²) in [5.74, 6) is -0.382. The summed E-state index contributed by atoms with van der Waals surface area (Å²) in [6, 6.07) is 9.73. The van der Waals surface area contributed by atoms with Crippen LogP contribution in [0.1, 0.15) is 11.1 Å². The highest BCUT2D eigenvalue weighted by molar-refractivity contribution is 7.99. The number of amides is 1. The van der Waals surface area contributed by atoms with Gasteiger partial charge in [-0.25, -0.2) is 0 Å². The molecule has 0 radical (unpaired) electrons. The number of halogens is 1. The van der Waals surface area contributed by atoms with Crippen molar-refractivity contribution in [1.82, 2.24) is 20.2 Å². The first-order valence-corrected chi connectivity index (χ1v) is 9.44. The topological polar surface area (TPSA) is 116 Å². The number of aromatic nitrogens is 4. The Balaban J connectivity index is 1.70. The maximum absolute atomic E-state index is 12.3. The van der Waals surface area contributed by atoms with Crippen LogP contribution < -0.4 is 5.32 Å². The minimum atomic E-state index is -0.557. The van der Waals surface area contributed by atoms with Crippen LogP contribution in [0.3, 0.4) is 0 Å². The number of aryl methyl sites for hydroxylation is 2. The van der Waals surface area contributed by atoms with Gasteiger partial charge in [0.1, 0.15) is 0 Å². The van der Waals surface area contributed by atoms with E-state index in [0.29, 0.717) is 5.16 Å². The van der Waals surface area contributed by atoms with Gasteiger partial charge in [-0.05, 0) is 42.0 Å². The van der Waals surface area contributed by atoms with Gasteiger partial charge >= 0.3 is 0 Å². The molecule has 1 N–H and O–H groups in total. The number of hydrogen-bond donors (Lipinski definition) is 1. The number of nitro benzene ring substituents is 1. The second-order valence-electron chi connectivity index (χ2n) is 5.92. The van der Waals surface area contributed by atoms with Gasteiger partial charge in [0, 0.05) is 12.1 Å². The highest BCUT2D eigenvalue weighted by Crippen LogP contribution is 2.27. The average molecular weight is 419 g/mol. The molecule has 0 atom stereocenters. The monoisotopic (exact) mass is 418 g/mol. The molecule has 0 saturated heterocycles. The van der Waals surface area contributed by atoms with E-state index in [2.05, 4.69) is 20.8 Å². The van der Waals surface area contributed by atoms with Gasteiger partial charge in [-0.2, -0.15) is 4.68 Å². The van der Waals surface area contributed by atoms with E-state index in [1.165, 1.54) is 18.2 Å². The highest BCUT2D eigenvalue weighted by Gasteiger charge is 2.15. The van der Waals surface area contributed by atoms with E-state index in [1.807, 2.05) is 32.0 Å². The van der Waals surface area contributed by atoms with Crippen LogP contribution in [0.25, 0.3) is 5.69 Å². The molecule has 0 spiro atoms. The van der Waals surface area contributed by atoms with E-state index >= 15 is 0 Å². The van der Waals surface area contributed by atoms with Crippen LogP contribution in [0.5, 0.6) is 0 Å². The van der Waals surface area contributed by atoms with Crippen LogP contribution in [0.4, 0.5) is 11.4 Å². The SMILES string of the molecule is Cc1ccc(-n2nnnc2SCC(=O)Nc2cc([N+](=O)[O-])ccc2Cl)c(C)c1. The second-order valence-corrected chi connectivity index (χ2v) is 7.27. The summed E-state index contributed by atoms with van der Waals surface area (Å²) in [6.45, 7) is 3.95. The predicted octanol–water partition coefficient (Wildman–Crippen LogP) is 3.57. The van der Waals surface area contributed by atoms with E-state index in [9.17, 15) is 14.9 Å². The van der Waals surface area contributed by atoms with Crippen LogP contribution in [-0.2, 0) is 4.79 Å². The van der Waals surface area contributed by atoms with Crippen molar-refractivity contribution in [2.24, 2.45) is 0 Å². The van der Waals surface area contributed by atoms with Crippen molar-refractivity contribution >= 4 is 40.6 Å². The van der Waals surface area contributed by atoms with Gasteiger partial charge in [0.2, 0.25) is 11.1 Å². The Morgan fingerprint density at radius 1 is 1.29 bits per heavy atom. The number of non-ortho nitro benzene ring substituents is 1. The number of nitrogens with zero attached hydrogens (tertiary/aromatic N) is 5. The number of anilines is 1. The molecule has 0 fully saturated rings. The van der Waals surface area contributed by atoms with E-state index in [1.54, 1.807) is 4.68 Å². The third-order valence-electron chi connectivity index (χ3n) is 3.79. The number of tetrazole rings is 1. The Morgan fingerprint density at radius 2 is 2.07 bits per heavy atom. The molecule has 0 aliphatic heterocycles. The first kappa shape index (κ1) is 19.8. The fourth-order valence-electron chi connectivity index (χ4n) is 2.50.